The second-order valence-electron chi connectivity index (χ2n) is 4.57. The van der Waals surface area contributed by atoms with Crippen molar-refractivity contribution in [3.05, 3.63) is 29.8 Å². The average Bonchev–Trinajstić information content (AvgIpc) is 2.25. The lowest BCUT2D eigenvalue weighted by Crippen LogP contribution is -2.44. The zero-order chi connectivity index (χ0) is 11.4. The van der Waals surface area contributed by atoms with Gasteiger partial charge in [0.25, 0.3) is 0 Å². The molecule has 1 saturated heterocycles. The summed E-state index contributed by atoms with van der Waals surface area (Å²) in [6, 6.07) is 7.70. The number of benzene rings is 1. The quantitative estimate of drug-likeness (QED) is 0.744. The van der Waals surface area contributed by atoms with E-state index in [1.54, 1.807) is 0 Å². The van der Waals surface area contributed by atoms with Crippen LogP contribution in [0.3, 0.4) is 0 Å². The van der Waals surface area contributed by atoms with E-state index in [1.807, 2.05) is 24.3 Å². The summed E-state index contributed by atoms with van der Waals surface area (Å²) in [5, 5.41) is 8.61. The molecule has 0 spiro atoms. The summed E-state index contributed by atoms with van der Waals surface area (Å²) in [5.74, 6) is 0.834. The van der Waals surface area contributed by atoms with E-state index in [2.05, 4.69) is 12.4 Å². The van der Waals surface area contributed by atoms with E-state index >= 15 is 0 Å². The Balaban J connectivity index is 1.90. The molecule has 0 atom stereocenters. The van der Waals surface area contributed by atoms with Crippen molar-refractivity contribution < 1.29 is 14.7 Å². The molecule has 4 nitrogen and oxygen atoms in total. The monoisotopic (exact) mass is 223 g/mol. The van der Waals surface area contributed by atoms with Crippen molar-refractivity contribution in [1.29, 1.82) is 0 Å². The predicted octanol–water partition coefficient (Wildman–Crippen LogP) is 1.58. The van der Waals surface area contributed by atoms with Crippen LogP contribution in [-0.4, -0.2) is 25.0 Å². The lowest BCUT2D eigenvalue weighted by molar-refractivity contribution is -0.120. The topological polar surface area (TPSA) is 50.7 Å². The Bertz CT molecular complexity index is 350. The largest absolute Gasteiger partial charge is 0.493 e. The van der Waals surface area contributed by atoms with Gasteiger partial charge in [-0.1, -0.05) is 19.1 Å². The molecule has 1 aliphatic heterocycles. The normalized spacial score (nSPS) is 17.9. The first-order valence-corrected chi connectivity index (χ1v) is 5.38. The van der Waals surface area contributed by atoms with Crippen molar-refractivity contribution in [1.82, 2.24) is 5.48 Å². The molecule has 2 N–H and O–H groups in total. The van der Waals surface area contributed by atoms with Crippen LogP contribution >= 0.6 is 0 Å². The molecule has 0 amide bonds. The maximum Gasteiger partial charge on any atom is 0.119 e. The number of hydrogen-bond acceptors (Lipinski definition) is 4. The molecule has 0 radical (unpaired) electrons. The molecule has 2 rings (SSSR count). The van der Waals surface area contributed by atoms with Gasteiger partial charge in [0.15, 0.2) is 0 Å². The van der Waals surface area contributed by atoms with Crippen LogP contribution < -0.4 is 10.2 Å². The molecular formula is C12H17NO3. The second-order valence-corrected chi connectivity index (χ2v) is 4.57. The molecule has 1 aliphatic rings. The predicted molar refractivity (Wildman–Crippen MR) is 59.5 cm³/mol. The molecule has 88 valence electrons. The Kier molecular flexibility index (Phi) is 3.43. The van der Waals surface area contributed by atoms with Crippen molar-refractivity contribution in [3.63, 3.8) is 0 Å². The van der Waals surface area contributed by atoms with Gasteiger partial charge in [-0.3, -0.25) is 0 Å². The highest BCUT2D eigenvalue weighted by Gasteiger charge is 2.34. The van der Waals surface area contributed by atoms with E-state index in [9.17, 15) is 0 Å². The van der Waals surface area contributed by atoms with Crippen molar-refractivity contribution in [3.8, 4) is 5.75 Å². The van der Waals surface area contributed by atoms with Gasteiger partial charge in [-0.25, -0.2) is 5.48 Å². The van der Waals surface area contributed by atoms with Crippen LogP contribution in [0.5, 0.6) is 5.75 Å². The Hall–Kier alpha value is -1.10. The Morgan fingerprint density at radius 1 is 1.50 bits per heavy atom. The smallest absolute Gasteiger partial charge is 0.119 e. The summed E-state index contributed by atoms with van der Waals surface area (Å²) < 4.78 is 10.9. The molecule has 1 aromatic rings. The first-order valence-electron chi connectivity index (χ1n) is 5.38. The maximum absolute atomic E-state index is 8.61. The third-order valence-electron chi connectivity index (χ3n) is 2.67. The van der Waals surface area contributed by atoms with Gasteiger partial charge in [0.2, 0.25) is 0 Å². The highest BCUT2D eigenvalue weighted by Crippen LogP contribution is 2.27. The summed E-state index contributed by atoms with van der Waals surface area (Å²) in [6.45, 7) is 4.78. The lowest BCUT2D eigenvalue weighted by Gasteiger charge is -2.37. The fourth-order valence-corrected chi connectivity index (χ4v) is 1.63. The number of hydroxylamine groups is 1. The van der Waals surface area contributed by atoms with Crippen LogP contribution in [0.1, 0.15) is 12.5 Å². The summed E-state index contributed by atoms with van der Waals surface area (Å²) >= 11 is 0. The molecule has 0 bridgehead atoms. The minimum absolute atomic E-state index is 0.158. The Labute approximate surface area is 95.1 Å². The molecule has 0 aromatic heterocycles. The first kappa shape index (κ1) is 11.4. The van der Waals surface area contributed by atoms with E-state index < -0.39 is 0 Å². The van der Waals surface area contributed by atoms with Crippen LogP contribution in [0.15, 0.2) is 24.3 Å². The molecular weight excluding hydrogens is 206 g/mol. The second kappa shape index (κ2) is 4.82. The summed E-state index contributed by atoms with van der Waals surface area (Å²) in [5.41, 5.74) is 3.28. The Morgan fingerprint density at radius 3 is 2.94 bits per heavy atom. The van der Waals surface area contributed by atoms with Crippen LogP contribution in [0.4, 0.5) is 0 Å². The van der Waals surface area contributed by atoms with Crippen LogP contribution in [0.25, 0.3) is 0 Å². The van der Waals surface area contributed by atoms with E-state index in [0.29, 0.717) is 13.2 Å². The fraction of sp³-hybridized carbons (Fsp3) is 0.500. The lowest BCUT2D eigenvalue weighted by atomic mass is 9.90. The first-order chi connectivity index (χ1) is 7.72. The van der Waals surface area contributed by atoms with Crippen molar-refractivity contribution in [2.24, 2.45) is 5.41 Å². The van der Waals surface area contributed by atoms with Gasteiger partial charge in [-0.2, -0.15) is 0 Å². The Morgan fingerprint density at radius 2 is 2.31 bits per heavy atom. The SMILES string of the molecule is CC1(COc2cccc(CNO)c2)COC1. The van der Waals surface area contributed by atoms with Crippen LogP contribution in [-0.2, 0) is 11.3 Å². The molecule has 0 aliphatic carbocycles. The van der Waals surface area contributed by atoms with Gasteiger partial charge in [0, 0.05) is 12.0 Å². The van der Waals surface area contributed by atoms with Crippen molar-refractivity contribution in [2.45, 2.75) is 13.5 Å². The highest BCUT2D eigenvalue weighted by atomic mass is 16.5. The van der Waals surface area contributed by atoms with Crippen molar-refractivity contribution >= 4 is 0 Å². The van der Waals surface area contributed by atoms with Gasteiger partial charge >= 0.3 is 0 Å². The van der Waals surface area contributed by atoms with E-state index in [0.717, 1.165) is 24.5 Å². The molecule has 1 heterocycles. The number of nitrogens with one attached hydrogen (secondary N) is 1. The summed E-state index contributed by atoms with van der Waals surface area (Å²) in [7, 11) is 0. The van der Waals surface area contributed by atoms with E-state index in [4.69, 9.17) is 14.7 Å². The summed E-state index contributed by atoms with van der Waals surface area (Å²) in [6.07, 6.45) is 0. The average molecular weight is 223 g/mol. The molecule has 0 unspecified atom stereocenters. The third-order valence-corrected chi connectivity index (χ3v) is 2.67. The maximum atomic E-state index is 8.61. The standard InChI is InChI=1S/C12H17NO3/c1-12(7-15-8-12)9-16-11-4-2-3-10(5-11)6-13-14/h2-5,13-14H,6-9H2,1H3. The van der Waals surface area contributed by atoms with Gasteiger partial charge in [0.05, 0.1) is 19.8 Å². The van der Waals surface area contributed by atoms with Gasteiger partial charge in [0.1, 0.15) is 5.75 Å². The van der Waals surface area contributed by atoms with Crippen LogP contribution in [0, 0.1) is 5.41 Å². The van der Waals surface area contributed by atoms with Crippen molar-refractivity contribution in [2.75, 3.05) is 19.8 Å². The highest BCUT2D eigenvalue weighted by molar-refractivity contribution is 5.28. The zero-order valence-corrected chi connectivity index (χ0v) is 9.40. The molecule has 16 heavy (non-hydrogen) atoms. The van der Waals surface area contributed by atoms with Gasteiger partial charge < -0.3 is 14.7 Å². The van der Waals surface area contributed by atoms with Gasteiger partial charge in [-0.05, 0) is 17.7 Å². The zero-order valence-electron chi connectivity index (χ0n) is 9.40. The fourth-order valence-electron chi connectivity index (χ4n) is 1.63. The third kappa shape index (κ3) is 2.72. The summed E-state index contributed by atoms with van der Waals surface area (Å²) in [4.78, 5) is 0. The number of rotatable bonds is 5. The number of hydrogen-bond donors (Lipinski definition) is 2. The van der Waals surface area contributed by atoms with E-state index in [-0.39, 0.29) is 5.41 Å². The molecule has 4 heteroatoms. The molecule has 1 aromatic carbocycles. The van der Waals surface area contributed by atoms with E-state index in [1.165, 1.54) is 0 Å². The molecule has 1 fully saturated rings. The molecule has 0 saturated carbocycles. The minimum atomic E-state index is 0.158. The van der Waals surface area contributed by atoms with Gasteiger partial charge in [-0.15, -0.1) is 0 Å². The van der Waals surface area contributed by atoms with Crippen LogP contribution in [0.2, 0.25) is 0 Å². The minimum Gasteiger partial charge on any atom is -0.493 e. The number of ether oxygens (including phenoxy) is 2.